The lowest BCUT2D eigenvalue weighted by molar-refractivity contribution is 0.00666. The van der Waals surface area contributed by atoms with Crippen LogP contribution in [0.1, 0.15) is 41.6 Å². The summed E-state index contributed by atoms with van der Waals surface area (Å²) in [4.78, 5) is 23.2. The molecule has 0 aromatic carbocycles. The fourth-order valence-corrected chi connectivity index (χ4v) is 1.14. The van der Waals surface area contributed by atoms with E-state index in [4.69, 9.17) is 10.5 Å². The number of ether oxygens (including phenoxy) is 2. The Labute approximate surface area is 98.3 Å². The first-order chi connectivity index (χ1) is 7.76. The van der Waals surface area contributed by atoms with Crippen molar-refractivity contribution in [1.82, 2.24) is 10.2 Å². The molecule has 7 nitrogen and oxygen atoms in total. The molecule has 94 valence electrons. The summed E-state index contributed by atoms with van der Waals surface area (Å²) >= 11 is 0. The topological polar surface area (TPSA) is 107 Å². The molecule has 0 fully saturated rings. The first kappa shape index (κ1) is 13.0. The number of nitrogens with zero attached hydrogens (tertiary/aromatic N) is 1. The molecule has 7 heteroatoms. The van der Waals surface area contributed by atoms with E-state index in [2.05, 4.69) is 14.9 Å². The molecule has 0 spiro atoms. The first-order valence-electron chi connectivity index (χ1n) is 4.91. The molecule has 3 N–H and O–H groups in total. The van der Waals surface area contributed by atoms with Crippen molar-refractivity contribution >= 4 is 17.8 Å². The molecule has 0 aliphatic rings. The number of nitrogens with one attached hydrogen (secondary N) is 1. The summed E-state index contributed by atoms with van der Waals surface area (Å²) in [6.45, 7) is 5.12. The quantitative estimate of drug-likeness (QED) is 0.739. The van der Waals surface area contributed by atoms with Crippen molar-refractivity contribution < 1.29 is 19.1 Å². The van der Waals surface area contributed by atoms with Gasteiger partial charge in [-0.1, -0.05) is 0 Å². The summed E-state index contributed by atoms with van der Waals surface area (Å²) < 4.78 is 9.60. The van der Waals surface area contributed by atoms with Crippen molar-refractivity contribution in [3.8, 4) is 0 Å². The van der Waals surface area contributed by atoms with Gasteiger partial charge in [-0.15, -0.1) is 0 Å². The van der Waals surface area contributed by atoms with E-state index in [0.29, 0.717) is 0 Å². The highest BCUT2D eigenvalue weighted by Crippen LogP contribution is 2.19. The first-order valence-corrected chi connectivity index (χ1v) is 4.91. The smallest absolute Gasteiger partial charge is 0.359 e. The Morgan fingerprint density at radius 3 is 2.35 bits per heavy atom. The van der Waals surface area contributed by atoms with E-state index in [1.54, 1.807) is 20.8 Å². The third-order valence-electron chi connectivity index (χ3n) is 1.78. The SMILES string of the molecule is COC(=O)c1n[nH]c(N)c1C(=O)OC(C)(C)C. The average Bonchev–Trinajstić information content (AvgIpc) is 2.56. The normalized spacial score (nSPS) is 11.1. The summed E-state index contributed by atoms with van der Waals surface area (Å²) in [5.41, 5.74) is 4.55. The zero-order chi connectivity index (χ0) is 13.2. The van der Waals surface area contributed by atoms with E-state index in [-0.39, 0.29) is 17.1 Å². The Morgan fingerprint density at radius 2 is 1.88 bits per heavy atom. The van der Waals surface area contributed by atoms with Crippen LogP contribution >= 0.6 is 0 Å². The second-order valence-corrected chi connectivity index (χ2v) is 4.35. The summed E-state index contributed by atoms with van der Waals surface area (Å²) in [5.74, 6) is -1.50. The number of H-pyrrole nitrogens is 1. The molecule has 1 heterocycles. The third-order valence-corrected chi connectivity index (χ3v) is 1.78. The van der Waals surface area contributed by atoms with E-state index < -0.39 is 17.5 Å². The van der Waals surface area contributed by atoms with Crippen molar-refractivity contribution in [2.45, 2.75) is 26.4 Å². The van der Waals surface area contributed by atoms with Crippen LogP contribution in [-0.4, -0.2) is 34.8 Å². The van der Waals surface area contributed by atoms with Gasteiger partial charge in [0.25, 0.3) is 0 Å². The number of aromatic amines is 1. The van der Waals surface area contributed by atoms with E-state index in [1.165, 1.54) is 7.11 Å². The highest BCUT2D eigenvalue weighted by Gasteiger charge is 2.28. The number of aromatic nitrogens is 2. The van der Waals surface area contributed by atoms with Gasteiger partial charge in [-0.05, 0) is 20.8 Å². The number of nitrogen functional groups attached to an aromatic ring is 1. The second kappa shape index (κ2) is 4.44. The predicted molar refractivity (Wildman–Crippen MR) is 59.5 cm³/mol. The zero-order valence-corrected chi connectivity index (χ0v) is 10.2. The molecule has 0 amide bonds. The number of nitrogens with two attached hydrogens (primary N) is 1. The van der Waals surface area contributed by atoms with Crippen molar-refractivity contribution in [3.63, 3.8) is 0 Å². The molecule has 17 heavy (non-hydrogen) atoms. The van der Waals surface area contributed by atoms with Gasteiger partial charge in [-0.2, -0.15) is 5.10 Å². The van der Waals surface area contributed by atoms with Crippen molar-refractivity contribution in [2.24, 2.45) is 0 Å². The summed E-state index contributed by atoms with van der Waals surface area (Å²) in [5, 5.41) is 5.96. The van der Waals surface area contributed by atoms with Gasteiger partial charge in [-0.3, -0.25) is 5.10 Å². The molecule has 0 radical (unpaired) electrons. The van der Waals surface area contributed by atoms with Crippen LogP contribution < -0.4 is 5.73 Å². The largest absolute Gasteiger partial charge is 0.464 e. The van der Waals surface area contributed by atoms with Crippen LogP contribution in [0.2, 0.25) is 0 Å². The summed E-state index contributed by atoms with van der Waals surface area (Å²) in [6, 6.07) is 0. The molecule has 0 saturated carbocycles. The van der Waals surface area contributed by atoms with Gasteiger partial charge in [0, 0.05) is 0 Å². The van der Waals surface area contributed by atoms with Crippen LogP contribution in [0.3, 0.4) is 0 Å². The number of esters is 2. The number of anilines is 1. The Kier molecular flexibility index (Phi) is 3.40. The minimum Gasteiger partial charge on any atom is -0.464 e. The van der Waals surface area contributed by atoms with Crippen molar-refractivity contribution in [1.29, 1.82) is 0 Å². The van der Waals surface area contributed by atoms with Gasteiger partial charge >= 0.3 is 11.9 Å². The Bertz CT molecular complexity index is 445. The molecule has 0 bridgehead atoms. The van der Waals surface area contributed by atoms with Gasteiger partial charge in [0.05, 0.1) is 7.11 Å². The van der Waals surface area contributed by atoms with E-state index >= 15 is 0 Å². The van der Waals surface area contributed by atoms with Gasteiger partial charge in [0.2, 0.25) is 0 Å². The standard InChI is InChI=1S/C10H15N3O4/c1-10(2,3)17-8(14)5-6(9(15)16-4)12-13-7(5)11/h1-4H3,(H3,11,12,13). The van der Waals surface area contributed by atoms with E-state index in [9.17, 15) is 9.59 Å². The number of carbonyl (C=O) groups excluding carboxylic acids is 2. The summed E-state index contributed by atoms with van der Waals surface area (Å²) in [7, 11) is 1.19. The molecule has 1 rings (SSSR count). The number of hydrogen-bond donors (Lipinski definition) is 2. The van der Waals surface area contributed by atoms with Gasteiger partial charge in [0.1, 0.15) is 17.0 Å². The molecule has 0 aliphatic carbocycles. The number of rotatable bonds is 2. The molecule has 1 aromatic rings. The lowest BCUT2D eigenvalue weighted by Gasteiger charge is -2.19. The van der Waals surface area contributed by atoms with Crippen molar-refractivity contribution in [3.05, 3.63) is 11.3 Å². The highest BCUT2D eigenvalue weighted by molar-refractivity contribution is 6.05. The van der Waals surface area contributed by atoms with Gasteiger partial charge in [0.15, 0.2) is 5.69 Å². The third kappa shape index (κ3) is 2.96. The maximum atomic E-state index is 11.8. The average molecular weight is 241 g/mol. The van der Waals surface area contributed by atoms with E-state index in [1.807, 2.05) is 0 Å². The van der Waals surface area contributed by atoms with Crippen LogP contribution in [0.15, 0.2) is 0 Å². The van der Waals surface area contributed by atoms with Gasteiger partial charge < -0.3 is 15.2 Å². The van der Waals surface area contributed by atoms with Crippen LogP contribution in [0.25, 0.3) is 0 Å². The number of carbonyl (C=O) groups is 2. The number of hydrogen-bond acceptors (Lipinski definition) is 6. The van der Waals surface area contributed by atoms with Crippen LogP contribution in [0.4, 0.5) is 5.82 Å². The number of methoxy groups -OCH3 is 1. The Hall–Kier alpha value is -2.05. The minimum atomic E-state index is -0.751. The predicted octanol–water partition coefficient (Wildman–Crippen LogP) is 0.734. The molecule has 0 unspecified atom stereocenters. The summed E-state index contributed by atoms with van der Waals surface area (Å²) in [6.07, 6.45) is 0. The minimum absolute atomic E-state index is 0.0281. The van der Waals surface area contributed by atoms with Crippen LogP contribution in [0.5, 0.6) is 0 Å². The fourth-order valence-electron chi connectivity index (χ4n) is 1.14. The Morgan fingerprint density at radius 1 is 1.29 bits per heavy atom. The molecular formula is C10H15N3O4. The van der Waals surface area contributed by atoms with Crippen LogP contribution in [-0.2, 0) is 9.47 Å². The Balaban J connectivity index is 3.09. The fraction of sp³-hybridized carbons (Fsp3) is 0.500. The maximum Gasteiger partial charge on any atom is 0.359 e. The van der Waals surface area contributed by atoms with Gasteiger partial charge in [-0.25, -0.2) is 9.59 Å². The molecular weight excluding hydrogens is 226 g/mol. The lowest BCUT2D eigenvalue weighted by Crippen LogP contribution is -2.25. The molecule has 0 atom stereocenters. The maximum absolute atomic E-state index is 11.8. The monoisotopic (exact) mass is 241 g/mol. The lowest BCUT2D eigenvalue weighted by atomic mass is 10.1. The second-order valence-electron chi connectivity index (χ2n) is 4.35. The molecule has 0 saturated heterocycles. The van der Waals surface area contributed by atoms with Crippen LogP contribution in [0, 0.1) is 0 Å². The zero-order valence-electron chi connectivity index (χ0n) is 10.2. The highest BCUT2D eigenvalue weighted by atomic mass is 16.6. The van der Waals surface area contributed by atoms with Crippen molar-refractivity contribution in [2.75, 3.05) is 12.8 Å². The van der Waals surface area contributed by atoms with E-state index in [0.717, 1.165) is 0 Å². The molecule has 1 aromatic heterocycles. The molecule has 0 aliphatic heterocycles.